The van der Waals surface area contributed by atoms with Gasteiger partial charge in [0.1, 0.15) is 17.1 Å². The van der Waals surface area contributed by atoms with Gasteiger partial charge >= 0.3 is 0 Å². The van der Waals surface area contributed by atoms with Crippen molar-refractivity contribution in [1.82, 2.24) is 0 Å². The molecule has 4 aromatic rings. The van der Waals surface area contributed by atoms with Crippen LogP contribution in [-0.2, 0) is 0 Å². The van der Waals surface area contributed by atoms with E-state index in [0.29, 0.717) is 22.7 Å². The summed E-state index contributed by atoms with van der Waals surface area (Å²) in [6.07, 6.45) is 0. The number of hydrogen-bond acceptors (Lipinski definition) is 4. The summed E-state index contributed by atoms with van der Waals surface area (Å²) in [6, 6.07) is 22.3. The number of carbonyl (C=O) groups is 1. The number of fused-ring (bicyclic) bond motifs is 1. The Kier molecular flexibility index (Phi) is 4.38. The number of para-hydroxylation sites is 1. The van der Waals surface area contributed by atoms with Crippen LogP contribution in [0.3, 0.4) is 0 Å². The summed E-state index contributed by atoms with van der Waals surface area (Å²) >= 11 is 0. The van der Waals surface area contributed by atoms with E-state index in [1.807, 2.05) is 48.5 Å². The minimum atomic E-state index is -0.184. The number of benzene rings is 3. The second-order valence-electron chi connectivity index (χ2n) is 6.09. The zero-order valence-electron chi connectivity index (χ0n) is 15.1. The lowest BCUT2D eigenvalue weighted by atomic mass is 9.98. The molecular weight excluding hydrogens is 340 g/mol. The Labute approximate surface area is 157 Å². The van der Waals surface area contributed by atoms with E-state index in [2.05, 4.69) is 0 Å². The molecule has 1 heterocycles. The molecule has 0 saturated heterocycles. The Morgan fingerprint density at radius 2 is 1.56 bits per heavy atom. The van der Waals surface area contributed by atoms with Crippen molar-refractivity contribution in [2.24, 2.45) is 0 Å². The molecule has 0 saturated carbocycles. The molecule has 0 aliphatic rings. The molecule has 134 valence electrons. The first-order chi connectivity index (χ1) is 13.2. The van der Waals surface area contributed by atoms with E-state index in [1.165, 1.54) is 0 Å². The molecule has 3 aromatic carbocycles. The number of carbonyl (C=O) groups excluding carboxylic acids is 1. The standard InChI is InChI=1S/C23H18O4/c1-25-17-12-10-15(11-13-17)21-19-8-3-4-9-20(19)27-23(21)22(24)16-6-5-7-18(14-16)26-2/h3-14H,1-2H3. The smallest absolute Gasteiger partial charge is 0.229 e. The second kappa shape index (κ2) is 7.00. The van der Waals surface area contributed by atoms with Crippen molar-refractivity contribution >= 4 is 16.8 Å². The maximum absolute atomic E-state index is 13.2. The molecule has 4 nitrogen and oxygen atoms in total. The van der Waals surface area contributed by atoms with E-state index >= 15 is 0 Å². The highest BCUT2D eigenvalue weighted by Crippen LogP contribution is 2.37. The van der Waals surface area contributed by atoms with E-state index in [0.717, 1.165) is 22.3 Å². The number of methoxy groups -OCH3 is 2. The van der Waals surface area contributed by atoms with Gasteiger partial charge in [0.05, 0.1) is 14.2 Å². The average molecular weight is 358 g/mol. The molecule has 0 spiro atoms. The van der Waals surface area contributed by atoms with Gasteiger partial charge in [-0.3, -0.25) is 4.79 Å². The van der Waals surface area contributed by atoms with Crippen LogP contribution in [0.25, 0.3) is 22.1 Å². The number of ether oxygens (including phenoxy) is 2. The van der Waals surface area contributed by atoms with Gasteiger partial charge < -0.3 is 13.9 Å². The molecule has 0 fully saturated rings. The van der Waals surface area contributed by atoms with Gasteiger partial charge in [0, 0.05) is 16.5 Å². The quantitative estimate of drug-likeness (QED) is 0.451. The van der Waals surface area contributed by atoms with E-state index in [4.69, 9.17) is 13.9 Å². The van der Waals surface area contributed by atoms with Gasteiger partial charge in [-0.1, -0.05) is 42.5 Å². The summed E-state index contributed by atoms with van der Waals surface area (Å²) < 4.78 is 16.5. The maximum atomic E-state index is 13.2. The number of furan rings is 1. The van der Waals surface area contributed by atoms with Gasteiger partial charge in [0.15, 0.2) is 5.76 Å². The second-order valence-corrected chi connectivity index (χ2v) is 6.09. The summed E-state index contributed by atoms with van der Waals surface area (Å²) in [5.74, 6) is 1.51. The van der Waals surface area contributed by atoms with Gasteiger partial charge in [-0.05, 0) is 35.9 Å². The van der Waals surface area contributed by atoms with Crippen molar-refractivity contribution in [3.63, 3.8) is 0 Å². The largest absolute Gasteiger partial charge is 0.497 e. The molecule has 0 aliphatic heterocycles. The first-order valence-electron chi connectivity index (χ1n) is 8.56. The average Bonchev–Trinajstić information content (AvgIpc) is 3.13. The highest BCUT2D eigenvalue weighted by atomic mass is 16.5. The van der Waals surface area contributed by atoms with Crippen molar-refractivity contribution in [1.29, 1.82) is 0 Å². The van der Waals surface area contributed by atoms with Gasteiger partial charge in [0.25, 0.3) is 0 Å². The van der Waals surface area contributed by atoms with E-state index < -0.39 is 0 Å². The highest BCUT2D eigenvalue weighted by molar-refractivity contribution is 6.15. The molecular formula is C23H18O4. The SMILES string of the molecule is COc1ccc(-c2c(C(=O)c3cccc(OC)c3)oc3ccccc23)cc1. The lowest BCUT2D eigenvalue weighted by molar-refractivity contribution is 0.101. The van der Waals surface area contributed by atoms with Crippen LogP contribution in [0.4, 0.5) is 0 Å². The van der Waals surface area contributed by atoms with Crippen LogP contribution in [-0.4, -0.2) is 20.0 Å². The van der Waals surface area contributed by atoms with Crippen molar-refractivity contribution in [3.8, 4) is 22.6 Å². The van der Waals surface area contributed by atoms with Crippen molar-refractivity contribution in [3.05, 3.63) is 84.1 Å². The molecule has 0 bridgehead atoms. The Morgan fingerprint density at radius 1 is 0.815 bits per heavy atom. The molecule has 4 heteroatoms. The third kappa shape index (κ3) is 3.06. The highest BCUT2D eigenvalue weighted by Gasteiger charge is 2.23. The molecule has 0 aliphatic carbocycles. The summed E-state index contributed by atoms with van der Waals surface area (Å²) in [4.78, 5) is 13.2. The van der Waals surface area contributed by atoms with Crippen LogP contribution < -0.4 is 9.47 Å². The third-order valence-electron chi connectivity index (χ3n) is 4.51. The Balaban J connectivity index is 1.90. The summed E-state index contributed by atoms with van der Waals surface area (Å²) in [7, 11) is 3.20. The van der Waals surface area contributed by atoms with E-state index in [-0.39, 0.29) is 5.78 Å². The fraction of sp³-hybridized carbons (Fsp3) is 0.0870. The maximum Gasteiger partial charge on any atom is 0.229 e. The number of ketones is 1. The fourth-order valence-corrected chi connectivity index (χ4v) is 3.15. The van der Waals surface area contributed by atoms with Gasteiger partial charge in [-0.15, -0.1) is 0 Å². The molecule has 1 aromatic heterocycles. The third-order valence-corrected chi connectivity index (χ3v) is 4.51. The lowest BCUT2D eigenvalue weighted by Gasteiger charge is -2.06. The monoisotopic (exact) mass is 358 g/mol. The van der Waals surface area contributed by atoms with Gasteiger partial charge in [-0.2, -0.15) is 0 Å². The number of rotatable bonds is 5. The van der Waals surface area contributed by atoms with E-state index in [9.17, 15) is 4.79 Å². The van der Waals surface area contributed by atoms with Crippen LogP contribution in [0.5, 0.6) is 11.5 Å². The fourth-order valence-electron chi connectivity index (χ4n) is 3.15. The van der Waals surface area contributed by atoms with Crippen LogP contribution >= 0.6 is 0 Å². The van der Waals surface area contributed by atoms with Crippen molar-refractivity contribution in [2.75, 3.05) is 14.2 Å². The van der Waals surface area contributed by atoms with Crippen molar-refractivity contribution < 1.29 is 18.7 Å². The summed E-state index contributed by atoms with van der Waals surface area (Å²) in [5.41, 5.74) is 2.87. The normalized spacial score (nSPS) is 10.7. The predicted molar refractivity (Wildman–Crippen MR) is 105 cm³/mol. The molecule has 0 N–H and O–H groups in total. The zero-order valence-corrected chi connectivity index (χ0v) is 15.1. The summed E-state index contributed by atoms with van der Waals surface area (Å²) in [5, 5.41) is 0.897. The molecule has 0 amide bonds. The Morgan fingerprint density at radius 3 is 2.30 bits per heavy atom. The lowest BCUT2D eigenvalue weighted by Crippen LogP contribution is -2.02. The minimum absolute atomic E-state index is 0.184. The topological polar surface area (TPSA) is 48.7 Å². The molecule has 0 atom stereocenters. The van der Waals surface area contributed by atoms with Crippen LogP contribution in [0.15, 0.2) is 77.2 Å². The van der Waals surface area contributed by atoms with E-state index in [1.54, 1.807) is 38.5 Å². The van der Waals surface area contributed by atoms with Gasteiger partial charge in [-0.25, -0.2) is 0 Å². The summed E-state index contributed by atoms with van der Waals surface area (Å²) in [6.45, 7) is 0. The molecule has 4 rings (SSSR count). The first-order valence-corrected chi connectivity index (χ1v) is 8.56. The number of hydrogen-bond donors (Lipinski definition) is 0. The molecule has 0 unspecified atom stereocenters. The van der Waals surface area contributed by atoms with Crippen LogP contribution in [0, 0.1) is 0 Å². The Bertz CT molecular complexity index is 1110. The van der Waals surface area contributed by atoms with Crippen molar-refractivity contribution in [2.45, 2.75) is 0 Å². The molecule has 27 heavy (non-hydrogen) atoms. The first kappa shape index (κ1) is 16.9. The Hall–Kier alpha value is -3.53. The van der Waals surface area contributed by atoms with Crippen LogP contribution in [0.1, 0.15) is 16.1 Å². The predicted octanol–water partition coefficient (Wildman–Crippen LogP) is 5.35. The zero-order chi connectivity index (χ0) is 18.8. The minimum Gasteiger partial charge on any atom is -0.497 e. The molecule has 0 radical (unpaired) electrons. The van der Waals surface area contributed by atoms with Crippen LogP contribution in [0.2, 0.25) is 0 Å². The van der Waals surface area contributed by atoms with Gasteiger partial charge in [0.2, 0.25) is 5.78 Å².